The lowest BCUT2D eigenvalue weighted by atomic mass is 10.1. The molecule has 1 N–H and O–H groups in total. The molecule has 144 valence electrons. The van der Waals surface area contributed by atoms with E-state index in [2.05, 4.69) is 59.3 Å². The summed E-state index contributed by atoms with van der Waals surface area (Å²) in [6.45, 7) is 8.84. The van der Waals surface area contributed by atoms with Crippen LogP contribution in [0.15, 0.2) is 11.2 Å². The van der Waals surface area contributed by atoms with Crippen molar-refractivity contribution in [2.24, 2.45) is 12.0 Å². The maximum absolute atomic E-state index is 5.10. The number of aromatic nitrogens is 2. The number of hydrogen-bond donors (Lipinski definition) is 1. The normalized spacial score (nSPS) is 12.3. The van der Waals surface area contributed by atoms with E-state index >= 15 is 0 Å². The smallest absolute Gasteiger partial charge is 0.193 e. The second kappa shape index (κ2) is 11.1. The van der Waals surface area contributed by atoms with Gasteiger partial charge in [0.2, 0.25) is 0 Å². The van der Waals surface area contributed by atoms with Crippen LogP contribution in [0.25, 0.3) is 0 Å². The fraction of sp³-hybridized carbons (Fsp3) is 0.778. The number of nitrogens with one attached hydrogen (secondary N) is 1. The van der Waals surface area contributed by atoms with E-state index in [0.717, 1.165) is 50.9 Å². The first-order valence-corrected chi connectivity index (χ1v) is 9.00. The predicted octanol–water partition coefficient (Wildman–Crippen LogP) is 1.52. The van der Waals surface area contributed by atoms with E-state index < -0.39 is 0 Å². The van der Waals surface area contributed by atoms with Gasteiger partial charge in [-0.3, -0.25) is 9.67 Å². The molecule has 0 atom stereocenters. The maximum atomic E-state index is 5.10. The van der Waals surface area contributed by atoms with Crippen molar-refractivity contribution in [2.75, 3.05) is 54.5 Å². The number of aryl methyl sites for hydroxylation is 1. The van der Waals surface area contributed by atoms with Crippen molar-refractivity contribution in [1.29, 1.82) is 0 Å². The molecule has 0 unspecified atom stereocenters. The van der Waals surface area contributed by atoms with Crippen molar-refractivity contribution in [3.8, 4) is 0 Å². The van der Waals surface area contributed by atoms with Crippen molar-refractivity contribution < 1.29 is 4.74 Å². The molecule has 0 aliphatic rings. The number of aliphatic imine (C=N–C) groups is 1. The summed E-state index contributed by atoms with van der Waals surface area (Å²) in [7, 11) is 9.73. The van der Waals surface area contributed by atoms with Gasteiger partial charge in [-0.25, -0.2) is 0 Å². The molecule has 25 heavy (non-hydrogen) atoms. The summed E-state index contributed by atoms with van der Waals surface area (Å²) in [5.74, 6) is 1.33. The van der Waals surface area contributed by atoms with Gasteiger partial charge in [-0.2, -0.15) is 5.10 Å². The summed E-state index contributed by atoms with van der Waals surface area (Å²) < 4.78 is 6.99. The molecule has 0 amide bonds. The zero-order chi connectivity index (χ0) is 18.8. The van der Waals surface area contributed by atoms with E-state index in [1.54, 1.807) is 7.11 Å². The van der Waals surface area contributed by atoms with Gasteiger partial charge < -0.3 is 19.9 Å². The van der Waals surface area contributed by atoms with Gasteiger partial charge in [0.25, 0.3) is 0 Å². The number of ether oxygens (including phenoxy) is 1. The molecule has 0 bridgehead atoms. The summed E-state index contributed by atoms with van der Waals surface area (Å²) in [6, 6.07) is 0. The highest BCUT2D eigenvalue weighted by Crippen LogP contribution is 2.18. The highest BCUT2D eigenvalue weighted by Gasteiger charge is 2.14. The Labute approximate surface area is 153 Å². The lowest BCUT2D eigenvalue weighted by Crippen LogP contribution is -2.39. The second-order valence-electron chi connectivity index (χ2n) is 6.85. The Bertz CT molecular complexity index is 526. The summed E-state index contributed by atoms with van der Waals surface area (Å²) in [6.07, 6.45) is 3.17. The van der Waals surface area contributed by atoms with Crippen molar-refractivity contribution in [3.05, 3.63) is 17.5 Å². The molecule has 0 radical (unpaired) electrons. The standard InChI is InChI=1S/C18H36N6O/c1-15(2)17-16(14-24(6)21-17)13-23(5)18(19-3)20-9-8-10-22(4)11-12-25-7/h14-15H,8-13H2,1-7H3,(H,19,20). The highest BCUT2D eigenvalue weighted by atomic mass is 16.5. The SMILES string of the molecule is CN=C(NCCCN(C)CCOC)N(C)Cc1cn(C)nc1C(C)C. The summed E-state index contributed by atoms with van der Waals surface area (Å²) >= 11 is 0. The summed E-state index contributed by atoms with van der Waals surface area (Å²) in [5, 5.41) is 8.03. The number of nitrogens with zero attached hydrogens (tertiary/aromatic N) is 5. The molecule has 7 heteroatoms. The molecule has 0 aliphatic heterocycles. The maximum Gasteiger partial charge on any atom is 0.193 e. The van der Waals surface area contributed by atoms with Gasteiger partial charge in [0.15, 0.2) is 5.96 Å². The molecule has 0 saturated carbocycles. The van der Waals surface area contributed by atoms with Crippen LogP contribution < -0.4 is 5.32 Å². The minimum atomic E-state index is 0.419. The molecule has 1 aromatic heterocycles. The van der Waals surface area contributed by atoms with Crippen LogP contribution in [-0.2, 0) is 18.3 Å². The van der Waals surface area contributed by atoms with E-state index in [9.17, 15) is 0 Å². The van der Waals surface area contributed by atoms with Gasteiger partial charge >= 0.3 is 0 Å². The van der Waals surface area contributed by atoms with Crippen molar-refractivity contribution in [1.82, 2.24) is 24.9 Å². The van der Waals surface area contributed by atoms with Gasteiger partial charge in [-0.05, 0) is 25.9 Å². The van der Waals surface area contributed by atoms with E-state index in [4.69, 9.17) is 4.74 Å². The molecule has 1 heterocycles. The Kier molecular flexibility index (Phi) is 9.52. The zero-order valence-corrected chi connectivity index (χ0v) is 17.0. The Morgan fingerprint density at radius 2 is 2.08 bits per heavy atom. The van der Waals surface area contributed by atoms with E-state index in [1.165, 1.54) is 5.56 Å². The highest BCUT2D eigenvalue weighted by molar-refractivity contribution is 5.79. The average molecular weight is 353 g/mol. The molecule has 0 aromatic carbocycles. The van der Waals surface area contributed by atoms with Crippen LogP contribution in [-0.4, -0.2) is 80.0 Å². The number of rotatable bonds is 10. The van der Waals surface area contributed by atoms with Gasteiger partial charge in [-0.15, -0.1) is 0 Å². The predicted molar refractivity (Wildman–Crippen MR) is 104 cm³/mol. The van der Waals surface area contributed by atoms with Crippen LogP contribution >= 0.6 is 0 Å². The molecular formula is C18H36N6O. The second-order valence-corrected chi connectivity index (χ2v) is 6.85. The first kappa shape index (κ1) is 21.4. The molecule has 0 spiro atoms. The monoisotopic (exact) mass is 352 g/mol. The average Bonchev–Trinajstić information content (AvgIpc) is 2.93. The zero-order valence-electron chi connectivity index (χ0n) is 17.0. The fourth-order valence-corrected chi connectivity index (χ4v) is 2.79. The minimum Gasteiger partial charge on any atom is -0.383 e. The topological polar surface area (TPSA) is 57.9 Å². The third-order valence-corrected chi connectivity index (χ3v) is 4.14. The van der Waals surface area contributed by atoms with Crippen LogP contribution in [0.5, 0.6) is 0 Å². The van der Waals surface area contributed by atoms with E-state index in [-0.39, 0.29) is 0 Å². The third-order valence-electron chi connectivity index (χ3n) is 4.14. The minimum absolute atomic E-state index is 0.419. The molecule has 0 fully saturated rings. The quantitative estimate of drug-likeness (QED) is 0.393. The number of guanidine groups is 1. The largest absolute Gasteiger partial charge is 0.383 e. The Morgan fingerprint density at radius 1 is 1.36 bits per heavy atom. The lowest BCUT2D eigenvalue weighted by Gasteiger charge is -2.23. The molecule has 0 saturated heterocycles. The number of methoxy groups -OCH3 is 1. The summed E-state index contributed by atoms with van der Waals surface area (Å²) in [4.78, 5) is 8.83. The molecule has 1 aromatic rings. The lowest BCUT2D eigenvalue weighted by molar-refractivity contribution is 0.161. The van der Waals surface area contributed by atoms with Gasteiger partial charge in [-0.1, -0.05) is 13.8 Å². The van der Waals surface area contributed by atoms with Crippen LogP contribution in [0.2, 0.25) is 0 Å². The van der Waals surface area contributed by atoms with Crippen LogP contribution in [0.3, 0.4) is 0 Å². The van der Waals surface area contributed by atoms with Crippen LogP contribution in [0, 0.1) is 0 Å². The number of likely N-dealkylation sites (N-methyl/N-ethyl adjacent to an activating group) is 1. The molecular weight excluding hydrogens is 316 g/mol. The summed E-state index contributed by atoms with van der Waals surface area (Å²) in [5.41, 5.74) is 2.41. The van der Waals surface area contributed by atoms with E-state index in [0.29, 0.717) is 5.92 Å². The first-order valence-electron chi connectivity index (χ1n) is 9.00. The van der Waals surface area contributed by atoms with Crippen molar-refractivity contribution in [3.63, 3.8) is 0 Å². The Morgan fingerprint density at radius 3 is 2.68 bits per heavy atom. The Balaban J connectivity index is 2.46. The van der Waals surface area contributed by atoms with E-state index in [1.807, 2.05) is 18.8 Å². The molecule has 7 nitrogen and oxygen atoms in total. The van der Waals surface area contributed by atoms with Crippen molar-refractivity contribution in [2.45, 2.75) is 32.7 Å². The fourth-order valence-electron chi connectivity index (χ4n) is 2.79. The first-order chi connectivity index (χ1) is 11.9. The number of hydrogen-bond acceptors (Lipinski definition) is 4. The van der Waals surface area contributed by atoms with Gasteiger partial charge in [0, 0.05) is 59.6 Å². The van der Waals surface area contributed by atoms with Gasteiger partial charge in [0.1, 0.15) is 0 Å². The Hall–Kier alpha value is -1.60. The molecule has 0 aliphatic carbocycles. The third kappa shape index (κ3) is 7.44. The van der Waals surface area contributed by atoms with Crippen LogP contribution in [0.4, 0.5) is 0 Å². The van der Waals surface area contributed by atoms with Crippen LogP contribution in [0.1, 0.15) is 37.4 Å². The van der Waals surface area contributed by atoms with Gasteiger partial charge in [0.05, 0.1) is 12.3 Å². The van der Waals surface area contributed by atoms with Crippen molar-refractivity contribution >= 4 is 5.96 Å². The molecule has 1 rings (SSSR count).